The van der Waals surface area contributed by atoms with Crippen LogP contribution in [0, 0.1) is 0 Å². The maximum Gasteiger partial charge on any atom is 0.355 e. The van der Waals surface area contributed by atoms with Crippen LogP contribution >= 0.6 is 0 Å². The minimum Gasteiger partial charge on any atom is -0.466 e. The highest BCUT2D eigenvalue weighted by molar-refractivity contribution is 7.90. The molecule has 0 radical (unpaired) electrons. The molecule has 1 aliphatic heterocycles. The lowest BCUT2D eigenvalue weighted by Gasteiger charge is -2.31. The molecule has 0 aliphatic carbocycles. The van der Waals surface area contributed by atoms with E-state index in [1.807, 2.05) is 0 Å². The normalized spacial score (nSPS) is 15.2. The first-order valence-electron chi connectivity index (χ1n) is 6.84. The highest BCUT2D eigenvalue weighted by atomic mass is 32.2. The van der Waals surface area contributed by atoms with Crippen molar-refractivity contribution in [1.29, 1.82) is 0 Å². The van der Waals surface area contributed by atoms with E-state index in [1.54, 1.807) is 0 Å². The smallest absolute Gasteiger partial charge is 0.355 e. The van der Waals surface area contributed by atoms with Crippen molar-refractivity contribution in [2.24, 2.45) is 0 Å². The van der Waals surface area contributed by atoms with Gasteiger partial charge >= 0.3 is 11.9 Å². The Morgan fingerprint density at radius 2 is 1.67 bits per heavy atom. The van der Waals surface area contributed by atoms with Crippen molar-refractivity contribution in [2.75, 3.05) is 38.7 Å². The molecule has 0 N–H and O–H groups in total. The fraction of sp³-hybridized carbons (Fsp3) is 0.333. The monoisotopic (exact) mass is 355 g/mol. The molecule has 1 aliphatic rings. The van der Waals surface area contributed by atoms with Gasteiger partial charge in [-0.05, 0) is 24.3 Å². The van der Waals surface area contributed by atoms with E-state index in [1.165, 1.54) is 43.4 Å². The van der Waals surface area contributed by atoms with Crippen LogP contribution in [0.15, 0.2) is 40.4 Å². The number of hydrogen-bond acceptors (Lipinski definition) is 8. The van der Waals surface area contributed by atoms with Gasteiger partial charge in [0.05, 0.1) is 31.3 Å². The second-order valence-corrected chi connectivity index (χ2v) is 7.00. The number of carbonyl (C=O) groups excluding carboxylic acids is 2. The molecule has 24 heavy (non-hydrogen) atoms. The van der Waals surface area contributed by atoms with Gasteiger partial charge in [-0.25, -0.2) is 18.0 Å². The number of hydrogen-bond donors (Lipinski definition) is 0. The van der Waals surface area contributed by atoms with Gasteiger partial charge in [-0.1, -0.05) is 0 Å². The quantitative estimate of drug-likeness (QED) is 0.719. The van der Waals surface area contributed by atoms with Crippen LogP contribution in [0.4, 0.5) is 5.69 Å². The highest BCUT2D eigenvalue weighted by Gasteiger charge is 2.32. The molecular formula is C15H17NO7S. The third kappa shape index (κ3) is 3.57. The maximum atomic E-state index is 12.1. The third-order valence-electron chi connectivity index (χ3n) is 3.41. The second kappa shape index (κ2) is 7.02. The van der Waals surface area contributed by atoms with Crippen molar-refractivity contribution in [2.45, 2.75) is 4.90 Å². The van der Waals surface area contributed by atoms with Crippen molar-refractivity contribution in [3.8, 4) is 0 Å². The molecule has 0 fully saturated rings. The van der Waals surface area contributed by atoms with Crippen molar-refractivity contribution < 1.29 is 32.2 Å². The van der Waals surface area contributed by atoms with Gasteiger partial charge in [-0.2, -0.15) is 0 Å². The van der Waals surface area contributed by atoms with Crippen LogP contribution in [0.3, 0.4) is 0 Å². The van der Waals surface area contributed by atoms with Gasteiger partial charge in [0, 0.05) is 11.9 Å². The Morgan fingerprint density at radius 3 is 2.17 bits per heavy atom. The summed E-state index contributed by atoms with van der Waals surface area (Å²) < 4.78 is 37.8. The molecule has 0 aromatic heterocycles. The average Bonchev–Trinajstić information content (AvgIpc) is 2.59. The Hall–Kier alpha value is -2.39. The van der Waals surface area contributed by atoms with Gasteiger partial charge in [-0.15, -0.1) is 0 Å². The topological polar surface area (TPSA) is 99.2 Å². The summed E-state index contributed by atoms with van der Waals surface area (Å²) in [4.78, 5) is 25.6. The predicted molar refractivity (Wildman–Crippen MR) is 83.9 cm³/mol. The Kier molecular flexibility index (Phi) is 5.25. The summed E-state index contributed by atoms with van der Waals surface area (Å²) in [5.41, 5.74) is 0.509. The minimum absolute atomic E-state index is 0.00251. The third-order valence-corrected chi connectivity index (χ3v) is 4.54. The van der Waals surface area contributed by atoms with Crippen LogP contribution in [0.5, 0.6) is 0 Å². The Labute approximate surface area is 139 Å². The fourth-order valence-electron chi connectivity index (χ4n) is 2.22. The van der Waals surface area contributed by atoms with Gasteiger partial charge in [0.1, 0.15) is 12.4 Å². The molecule has 0 amide bonds. The SMILES string of the molecule is COC(=O)C1=C(C(=O)OC)N(c2ccc(S(C)(=O)=O)cc2)COC1. The van der Waals surface area contributed by atoms with Crippen molar-refractivity contribution in [1.82, 2.24) is 0 Å². The lowest BCUT2D eigenvalue weighted by molar-refractivity contribution is -0.140. The summed E-state index contributed by atoms with van der Waals surface area (Å²) in [6, 6.07) is 5.85. The zero-order valence-corrected chi connectivity index (χ0v) is 14.3. The molecule has 0 spiro atoms. The highest BCUT2D eigenvalue weighted by Crippen LogP contribution is 2.27. The Balaban J connectivity index is 2.50. The summed E-state index contributed by atoms with van der Waals surface area (Å²) in [5, 5.41) is 0. The standard InChI is InChI=1S/C15H17NO7S/c1-21-14(17)12-8-23-9-16(13(12)15(18)22-2)10-4-6-11(7-5-10)24(3,19)20/h4-7H,8-9H2,1-3H3. The molecule has 0 bridgehead atoms. The van der Waals surface area contributed by atoms with Gasteiger partial charge in [0.2, 0.25) is 0 Å². The van der Waals surface area contributed by atoms with Gasteiger partial charge < -0.3 is 19.1 Å². The van der Waals surface area contributed by atoms with E-state index in [4.69, 9.17) is 9.47 Å². The molecule has 9 heteroatoms. The number of rotatable bonds is 4. The number of carbonyl (C=O) groups is 2. The molecule has 0 unspecified atom stereocenters. The van der Waals surface area contributed by atoms with Crippen molar-refractivity contribution in [3.05, 3.63) is 35.5 Å². The predicted octanol–water partition coefficient (Wildman–Crippen LogP) is 0.484. The summed E-state index contributed by atoms with van der Waals surface area (Å²) in [6.45, 7) is -0.0851. The van der Waals surface area contributed by atoms with Gasteiger partial charge in [0.25, 0.3) is 0 Å². The van der Waals surface area contributed by atoms with E-state index >= 15 is 0 Å². The van der Waals surface area contributed by atoms with E-state index in [-0.39, 0.29) is 29.5 Å². The number of methoxy groups -OCH3 is 2. The number of sulfone groups is 1. The minimum atomic E-state index is -3.34. The number of ether oxygens (including phenoxy) is 3. The van der Waals surface area contributed by atoms with E-state index in [0.717, 1.165) is 6.26 Å². The second-order valence-electron chi connectivity index (χ2n) is 4.98. The van der Waals surface area contributed by atoms with Crippen LogP contribution in [0.2, 0.25) is 0 Å². The largest absolute Gasteiger partial charge is 0.466 e. The first kappa shape index (κ1) is 18.0. The van der Waals surface area contributed by atoms with E-state index in [9.17, 15) is 18.0 Å². The number of esters is 2. The molecule has 1 heterocycles. The van der Waals surface area contributed by atoms with Gasteiger partial charge in [-0.3, -0.25) is 0 Å². The lowest BCUT2D eigenvalue weighted by atomic mass is 10.1. The van der Waals surface area contributed by atoms with E-state index < -0.39 is 21.8 Å². The van der Waals surface area contributed by atoms with E-state index in [2.05, 4.69) is 4.74 Å². The van der Waals surface area contributed by atoms with E-state index in [0.29, 0.717) is 5.69 Å². The summed E-state index contributed by atoms with van der Waals surface area (Å²) in [6.07, 6.45) is 1.10. The van der Waals surface area contributed by atoms with Crippen LogP contribution in [-0.4, -0.2) is 54.2 Å². The lowest BCUT2D eigenvalue weighted by Crippen LogP contribution is -2.38. The molecule has 1 aromatic carbocycles. The molecule has 0 atom stereocenters. The molecule has 1 aromatic rings. The summed E-state index contributed by atoms with van der Waals surface area (Å²) >= 11 is 0. The zero-order chi connectivity index (χ0) is 17.9. The van der Waals surface area contributed by atoms with Crippen LogP contribution in [-0.2, 0) is 33.6 Å². The summed E-state index contributed by atoms with van der Waals surface area (Å²) in [7, 11) is -0.943. The van der Waals surface area contributed by atoms with Gasteiger partial charge in [0.15, 0.2) is 9.84 Å². The number of anilines is 1. The molecule has 0 saturated carbocycles. The van der Waals surface area contributed by atoms with Crippen molar-refractivity contribution in [3.63, 3.8) is 0 Å². The number of benzene rings is 1. The first-order chi connectivity index (χ1) is 11.3. The molecular weight excluding hydrogens is 338 g/mol. The Morgan fingerprint density at radius 1 is 1.08 bits per heavy atom. The summed E-state index contributed by atoms with van der Waals surface area (Å²) in [5.74, 6) is -1.42. The fourth-order valence-corrected chi connectivity index (χ4v) is 2.85. The molecule has 0 saturated heterocycles. The zero-order valence-electron chi connectivity index (χ0n) is 13.4. The van der Waals surface area contributed by atoms with Crippen LogP contribution < -0.4 is 4.90 Å². The average molecular weight is 355 g/mol. The van der Waals surface area contributed by atoms with Crippen LogP contribution in [0.1, 0.15) is 0 Å². The molecule has 2 rings (SSSR count). The van der Waals surface area contributed by atoms with Crippen molar-refractivity contribution >= 4 is 27.5 Å². The molecule has 8 nitrogen and oxygen atoms in total. The van der Waals surface area contributed by atoms with Crippen LogP contribution in [0.25, 0.3) is 0 Å². The first-order valence-corrected chi connectivity index (χ1v) is 8.74. The maximum absolute atomic E-state index is 12.1. The molecule has 130 valence electrons. The number of nitrogens with zero attached hydrogens (tertiary/aromatic N) is 1. The Bertz CT molecular complexity index is 781.